The number of phenolic OH excluding ortho intramolecular Hbond substituents is 1. The molecule has 1 aromatic carbocycles. The second kappa shape index (κ2) is 3.18. The Bertz CT molecular complexity index is 335. The van der Waals surface area contributed by atoms with Gasteiger partial charge < -0.3 is 10.4 Å². The summed E-state index contributed by atoms with van der Waals surface area (Å²) < 4.78 is 0. The molecule has 0 bridgehead atoms. The average Bonchev–Trinajstić information content (AvgIpc) is 2.52. The summed E-state index contributed by atoms with van der Waals surface area (Å²) in [7, 11) is 0. The van der Waals surface area contributed by atoms with Gasteiger partial charge >= 0.3 is 0 Å². The van der Waals surface area contributed by atoms with Gasteiger partial charge in [0, 0.05) is 18.5 Å². The van der Waals surface area contributed by atoms with Gasteiger partial charge in [0.15, 0.2) is 5.78 Å². The number of carbonyl (C=O) groups excluding carboxylic acids is 1. The molecule has 1 atom stereocenters. The van der Waals surface area contributed by atoms with Gasteiger partial charge in [-0.2, -0.15) is 0 Å². The number of para-hydroxylation sites is 1. The molecule has 0 saturated carbocycles. The molecule has 0 aromatic heterocycles. The molecule has 0 spiro atoms. The number of hydrogen-bond acceptors (Lipinski definition) is 3. The van der Waals surface area contributed by atoms with Crippen molar-refractivity contribution in [3.8, 4) is 5.75 Å². The molecule has 1 heterocycles. The highest BCUT2D eigenvalue weighted by molar-refractivity contribution is 5.88. The Hall–Kier alpha value is -1.35. The predicted molar refractivity (Wildman–Crippen MR) is 48.5 cm³/mol. The smallest absolute Gasteiger partial charge is 0.155 e. The van der Waals surface area contributed by atoms with E-state index in [0.29, 0.717) is 18.5 Å². The molecule has 3 heteroatoms. The van der Waals surface area contributed by atoms with E-state index in [0.717, 1.165) is 0 Å². The monoisotopic (exact) mass is 177 g/mol. The number of carbonyl (C=O) groups is 1. The average molecular weight is 177 g/mol. The number of phenols is 1. The number of ketones is 1. The number of nitrogens with one attached hydrogen (secondary N) is 1. The molecule has 1 fully saturated rings. The number of aromatic hydroxyl groups is 1. The first-order chi connectivity index (χ1) is 6.29. The summed E-state index contributed by atoms with van der Waals surface area (Å²) in [5.74, 6) is 0.344. The van der Waals surface area contributed by atoms with Crippen LogP contribution in [0, 0.1) is 0 Å². The van der Waals surface area contributed by atoms with E-state index in [4.69, 9.17) is 0 Å². The second-order valence-corrected chi connectivity index (χ2v) is 3.16. The van der Waals surface area contributed by atoms with E-state index in [1.54, 1.807) is 18.2 Å². The quantitative estimate of drug-likeness (QED) is 0.672. The van der Waals surface area contributed by atoms with Gasteiger partial charge in [-0.15, -0.1) is 0 Å². The molecule has 1 aromatic rings. The first-order valence-corrected chi connectivity index (χ1v) is 4.33. The van der Waals surface area contributed by atoms with Crippen molar-refractivity contribution in [1.82, 2.24) is 5.32 Å². The van der Waals surface area contributed by atoms with Crippen molar-refractivity contribution >= 4 is 5.78 Å². The maximum atomic E-state index is 11.4. The zero-order valence-corrected chi connectivity index (χ0v) is 7.16. The van der Waals surface area contributed by atoms with Gasteiger partial charge in [0.25, 0.3) is 0 Å². The van der Waals surface area contributed by atoms with Crippen molar-refractivity contribution in [2.75, 3.05) is 6.54 Å². The molecule has 0 aliphatic carbocycles. The lowest BCUT2D eigenvalue weighted by molar-refractivity contribution is -0.118. The SMILES string of the molecule is O=C1CCNC1c1ccccc1O. The van der Waals surface area contributed by atoms with Gasteiger partial charge in [-0.3, -0.25) is 4.79 Å². The molecule has 0 amide bonds. The van der Waals surface area contributed by atoms with Gasteiger partial charge in [0.05, 0.1) is 6.04 Å². The molecular weight excluding hydrogens is 166 g/mol. The topological polar surface area (TPSA) is 49.3 Å². The molecule has 2 N–H and O–H groups in total. The van der Waals surface area contributed by atoms with Crippen molar-refractivity contribution in [1.29, 1.82) is 0 Å². The minimum Gasteiger partial charge on any atom is -0.508 e. The number of hydrogen-bond donors (Lipinski definition) is 2. The van der Waals surface area contributed by atoms with Crippen LogP contribution >= 0.6 is 0 Å². The zero-order chi connectivity index (χ0) is 9.26. The van der Waals surface area contributed by atoms with Crippen LogP contribution in [0.1, 0.15) is 18.0 Å². The van der Waals surface area contributed by atoms with Gasteiger partial charge in [0.2, 0.25) is 0 Å². The van der Waals surface area contributed by atoms with Gasteiger partial charge in [0.1, 0.15) is 5.75 Å². The first-order valence-electron chi connectivity index (χ1n) is 4.33. The maximum absolute atomic E-state index is 11.4. The van der Waals surface area contributed by atoms with E-state index in [9.17, 15) is 9.90 Å². The Balaban J connectivity index is 2.34. The van der Waals surface area contributed by atoms with Crippen LogP contribution in [0.3, 0.4) is 0 Å². The lowest BCUT2D eigenvalue weighted by atomic mass is 10.0. The van der Waals surface area contributed by atoms with Crippen LogP contribution < -0.4 is 5.32 Å². The molecule has 3 nitrogen and oxygen atoms in total. The number of benzene rings is 1. The molecule has 2 rings (SSSR count). The number of rotatable bonds is 1. The molecule has 1 saturated heterocycles. The minimum absolute atomic E-state index is 0.154. The van der Waals surface area contributed by atoms with Crippen LogP contribution in [0.5, 0.6) is 5.75 Å². The van der Waals surface area contributed by atoms with E-state index in [-0.39, 0.29) is 17.6 Å². The lowest BCUT2D eigenvalue weighted by Gasteiger charge is -2.10. The standard InChI is InChI=1S/C10H11NO2/c12-8-4-2-1-3-7(8)10-9(13)5-6-11-10/h1-4,10-12H,5-6H2. The molecule has 1 aliphatic heterocycles. The largest absolute Gasteiger partial charge is 0.508 e. The maximum Gasteiger partial charge on any atom is 0.155 e. The highest BCUT2D eigenvalue weighted by Crippen LogP contribution is 2.27. The van der Waals surface area contributed by atoms with Crippen molar-refractivity contribution < 1.29 is 9.90 Å². The van der Waals surface area contributed by atoms with E-state index in [2.05, 4.69) is 5.32 Å². The van der Waals surface area contributed by atoms with Crippen LogP contribution in [0.4, 0.5) is 0 Å². The molecule has 1 unspecified atom stereocenters. The Morgan fingerprint density at radius 3 is 2.77 bits per heavy atom. The summed E-state index contributed by atoms with van der Waals surface area (Å²) >= 11 is 0. The van der Waals surface area contributed by atoms with E-state index in [1.165, 1.54) is 0 Å². The lowest BCUT2D eigenvalue weighted by Crippen LogP contribution is -2.17. The summed E-state index contributed by atoms with van der Waals surface area (Å²) in [4.78, 5) is 11.4. The Morgan fingerprint density at radius 1 is 1.38 bits per heavy atom. The highest BCUT2D eigenvalue weighted by Gasteiger charge is 2.26. The van der Waals surface area contributed by atoms with E-state index < -0.39 is 0 Å². The van der Waals surface area contributed by atoms with E-state index in [1.807, 2.05) is 6.07 Å². The van der Waals surface area contributed by atoms with Crippen molar-refractivity contribution in [3.63, 3.8) is 0 Å². The Morgan fingerprint density at radius 2 is 2.15 bits per heavy atom. The molecule has 0 radical (unpaired) electrons. The molecule has 13 heavy (non-hydrogen) atoms. The van der Waals surface area contributed by atoms with Crippen molar-refractivity contribution in [2.45, 2.75) is 12.5 Å². The molecular formula is C10H11NO2. The van der Waals surface area contributed by atoms with Crippen LogP contribution in [-0.2, 0) is 4.79 Å². The highest BCUT2D eigenvalue weighted by atomic mass is 16.3. The fraction of sp³-hybridized carbons (Fsp3) is 0.300. The number of Topliss-reactive ketones (excluding diaryl/α,β-unsaturated/α-hetero) is 1. The predicted octanol–water partition coefficient (Wildman–Crippen LogP) is 0.996. The normalized spacial score (nSPS) is 22.2. The van der Waals surface area contributed by atoms with E-state index >= 15 is 0 Å². The van der Waals surface area contributed by atoms with Crippen LogP contribution in [0.15, 0.2) is 24.3 Å². The van der Waals surface area contributed by atoms with Crippen LogP contribution in [-0.4, -0.2) is 17.4 Å². The van der Waals surface area contributed by atoms with Gasteiger partial charge in [-0.1, -0.05) is 18.2 Å². The first kappa shape index (κ1) is 8.26. The third-order valence-corrected chi connectivity index (χ3v) is 2.29. The molecule has 68 valence electrons. The summed E-state index contributed by atoms with van der Waals surface area (Å²) in [6.07, 6.45) is 0.555. The van der Waals surface area contributed by atoms with Gasteiger partial charge in [-0.25, -0.2) is 0 Å². The van der Waals surface area contributed by atoms with Crippen molar-refractivity contribution in [2.24, 2.45) is 0 Å². The van der Waals surface area contributed by atoms with Gasteiger partial charge in [-0.05, 0) is 6.07 Å². The third-order valence-electron chi connectivity index (χ3n) is 2.29. The Labute approximate surface area is 76.4 Å². The van der Waals surface area contributed by atoms with Crippen LogP contribution in [0.2, 0.25) is 0 Å². The fourth-order valence-corrected chi connectivity index (χ4v) is 1.61. The van der Waals surface area contributed by atoms with Crippen molar-refractivity contribution in [3.05, 3.63) is 29.8 Å². The summed E-state index contributed by atoms with van der Waals surface area (Å²) in [6.45, 7) is 0.706. The third kappa shape index (κ3) is 1.42. The summed E-state index contributed by atoms with van der Waals surface area (Å²) in [5, 5.41) is 12.6. The Kier molecular flexibility index (Phi) is 2.02. The zero-order valence-electron chi connectivity index (χ0n) is 7.16. The van der Waals surface area contributed by atoms with Crippen LogP contribution in [0.25, 0.3) is 0 Å². The summed E-state index contributed by atoms with van der Waals surface area (Å²) in [5.41, 5.74) is 0.685. The minimum atomic E-state index is -0.304. The second-order valence-electron chi connectivity index (χ2n) is 3.16. The summed E-state index contributed by atoms with van der Waals surface area (Å²) in [6, 6.07) is 6.64. The fourth-order valence-electron chi connectivity index (χ4n) is 1.61. The molecule has 1 aliphatic rings.